The molecule has 5 heteroatoms. The number of aliphatic hydroxyl groups is 3. The molecular formula is C11H21NO4. The third-order valence-corrected chi connectivity index (χ3v) is 2.76. The fraction of sp³-hybridized carbons (Fsp3) is 0.909. The van der Waals surface area contributed by atoms with Crippen molar-refractivity contribution in [3.63, 3.8) is 0 Å². The molecule has 4 atom stereocenters. The van der Waals surface area contributed by atoms with Crippen molar-refractivity contribution in [2.24, 2.45) is 5.92 Å². The van der Waals surface area contributed by atoms with E-state index in [0.29, 0.717) is 12.8 Å². The summed E-state index contributed by atoms with van der Waals surface area (Å²) >= 11 is 0. The Bertz CT molecular complexity index is 261. The van der Waals surface area contributed by atoms with Crippen LogP contribution in [0.1, 0.15) is 33.6 Å². The van der Waals surface area contributed by atoms with Gasteiger partial charge in [0.1, 0.15) is 6.10 Å². The van der Waals surface area contributed by atoms with E-state index in [0.717, 1.165) is 0 Å². The van der Waals surface area contributed by atoms with E-state index in [1.54, 1.807) is 0 Å². The number of nitrogens with one attached hydrogen (secondary N) is 1. The van der Waals surface area contributed by atoms with Crippen LogP contribution in [-0.4, -0.2) is 45.1 Å². The Morgan fingerprint density at radius 2 is 1.69 bits per heavy atom. The summed E-state index contributed by atoms with van der Waals surface area (Å²) in [4.78, 5) is 11.8. The van der Waals surface area contributed by atoms with Crippen molar-refractivity contribution in [1.82, 2.24) is 5.32 Å². The van der Waals surface area contributed by atoms with E-state index in [-0.39, 0.29) is 11.4 Å². The van der Waals surface area contributed by atoms with Crippen molar-refractivity contribution in [2.75, 3.05) is 0 Å². The van der Waals surface area contributed by atoms with Crippen LogP contribution in [0.25, 0.3) is 0 Å². The summed E-state index contributed by atoms with van der Waals surface area (Å²) in [6, 6.07) is 0. The maximum Gasteiger partial charge on any atom is 0.226 e. The lowest BCUT2D eigenvalue weighted by molar-refractivity contribution is -0.146. The Kier molecular flexibility index (Phi) is 3.93. The summed E-state index contributed by atoms with van der Waals surface area (Å²) in [6.45, 7) is 5.56. The predicted molar refractivity (Wildman–Crippen MR) is 58.6 cm³/mol. The van der Waals surface area contributed by atoms with Crippen molar-refractivity contribution in [2.45, 2.75) is 57.5 Å². The molecule has 1 fully saturated rings. The zero-order valence-electron chi connectivity index (χ0n) is 9.97. The number of hydrogen-bond acceptors (Lipinski definition) is 4. The predicted octanol–water partition coefficient (Wildman–Crippen LogP) is -0.606. The van der Waals surface area contributed by atoms with Gasteiger partial charge in [-0.15, -0.1) is 0 Å². The molecular weight excluding hydrogens is 210 g/mol. The van der Waals surface area contributed by atoms with Crippen LogP contribution in [0.5, 0.6) is 0 Å². The molecule has 1 aliphatic carbocycles. The van der Waals surface area contributed by atoms with Gasteiger partial charge in [-0.2, -0.15) is 0 Å². The van der Waals surface area contributed by atoms with Crippen LogP contribution >= 0.6 is 0 Å². The lowest BCUT2D eigenvalue weighted by atomic mass is 9.82. The normalized spacial score (nSPS) is 35.9. The molecule has 5 nitrogen and oxygen atoms in total. The Labute approximate surface area is 95.5 Å². The monoisotopic (exact) mass is 231 g/mol. The number of hydrogen-bond donors (Lipinski definition) is 4. The maximum absolute atomic E-state index is 11.8. The van der Waals surface area contributed by atoms with E-state index in [2.05, 4.69) is 5.32 Å². The van der Waals surface area contributed by atoms with Gasteiger partial charge in [0.05, 0.1) is 18.1 Å². The van der Waals surface area contributed by atoms with E-state index in [1.165, 1.54) is 0 Å². The summed E-state index contributed by atoms with van der Waals surface area (Å²) < 4.78 is 0. The summed E-state index contributed by atoms with van der Waals surface area (Å²) in [5, 5.41) is 31.3. The fourth-order valence-electron chi connectivity index (χ4n) is 1.91. The van der Waals surface area contributed by atoms with Crippen molar-refractivity contribution in [3.05, 3.63) is 0 Å². The minimum atomic E-state index is -1.23. The van der Waals surface area contributed by atoms with E-state index < -0.39 is 24.2 Å². The average Bonchev–Trinajstić information content (AvgIpc) is 2.11. The lowest BCUT2D eigenvalue weighted by Gasteiger charge is -2.35. The SMILES string of the molecule is CC(C)(C)NC(=O)[C@H]1CC[C@@H](O)[C@@H](O)[C@@H]1O. The van der Waals surface area contributed by atoms with E-state index in [1.807, 2.05) is 20.8 Å². The quantitative estimate of drug-likeness (QED) is 0.485. The zero-order chi connectivity index (χ0) is 12.5. The Balaban J connectivity index is 2.64. The van der Waals surface area contributed by atoms with Gasteiger partial charge in [0.15, 0.2) is 0 Å². The third kappa shape index (κ3) is 3.17. The molecule has 4 N–H and O–H groups in total. The number of carbonyl (C=O) groups is 1. The molecule has 0 aliphatic heterocycles. The molecule has 0 aromatic rings. The first-order chi connectivity index (χ1) is 7.22. The topological polar surface area (TPSA) is 89.8 Å². The molecule has 0 bridgehead atoms. The standard InChI is InChI=1S/C11H21NO4/c1-11(2,3)12-10(16)6-4-5-7(13)9(15)8(6)14/h6-9,13-15H,4-5H2,1-3H3,(H,12,16)/t6-,7+,8+,9+/m0/s1. The number of aliphatic hydroxyl groups excluding tert-OH is 3. The van der Waals surface area contributed by atoms with Crippen molar-refractivity contribution < 1.29 is 20.1 Å². The van der Waals surface area contributed by atoms with Crippen LogP contribution in [0, 0.1) is 5.92 Å². The van der Waals surface area contributed by atoms with Gasteiger partial charge < -0.3 is 20.6 Å². The third-order valence-electron chi connectivity index (χ3n) is 2.76. The Hall–Kier alpha value is -0.650. The van der Waals surface area contributed by atoms with Gasteiger partial charge in [-0.3, -0.25) is 4.79 Å². The minimum Gasteiger partial charge on any atom is -0.390 e. The molecule has 0 unspecified atom stereocenters. The molecule has 0 radical (unpaired) electrons. The highest BCUT2D eigenvalue weighted by Crippen LogP contribution is 2.26. The molecule has 0 aromatic carbocycles. The van der Waals surface area contributed by atoms with Crippen molar-refractivity contribution in [1.29, 1.82) is 0 Å². The van der Waals surface area contributed by atoms with Crippen LogP contribution in [0.15, 0.2) is 0 Å². The average molecular weight is 231 g/mol. The fourth-order valence-corrected chi connectivity index (χ4v) is 1.91. The largest absolute Gasteiger partial charge is 0.390 e. The second kappa shape index (κ2) is 4.69. The van der Waals surface area contributed by atoms with Crippen LogP contribution < -0.4 is 5.32 Å². The second-order valence-electron chi connectivity index (χ2n) is 5.47. The first-order valence-corrected chi connectivity index (χ1v) is 5.58. The molecule has 16 heavy (non-hydrogen) atoms. The molecule has 0 spiro atoms. The van der Waals surface area contributed by atoms with Gasteiger partial charge in [-0.05, 0) is 33.6 Å². The van der Waals surface area contributed by atoms with Gasteiger partial charge in [0, 0.05) is 5.54 Å². The number of rotatable bonds is 1. The summed E-state index contributed by atoms with van der Waals surface area (Å²) in [5.41, 5.74) is -0.363. The van der Waals surface area contributed by atoms with Crippen LogP contribution in [-0.2, 0) is 4.79 Å². The van der Waals surface area contributed by atoms with Crippen molar-refractivity contribution >= 4 is 5.91 Å². The van der Waals surface area contributed by atoms with E-state index in [4.69, 9.17) is 0 Å². The molecule has 1 amide bonds. The summed E-state index contributed by atoms with van der Waals surface area (Å²) in [5.74, 6) is -0.913. The maximum atomic E-state index is 11.8. The van der Waals surface area contributed by atoms with E-state index in [9.17, 15) is 20.1 Å². The van der Waals surface area contributed by atoms with Crippen LogP contribution in [0.2, 0.25) is 0 Å². The molecule has 1 aliphatic rings. The lowest BCUT2D eigenvalue weighted by Crippen LogP contribution is -2.54. The molecule has 0 heterocycles. The molecule has 94 valence electrons. The molecule has 1 saturated carbocycles. The highest BCUT2D eigenvalue weighted by atomic mass is 16.4. The van der Waals surface area contributed by atoms with Gasteiger partial charge in [-0.1, -0.05) is 0 Å². The number of amides is 1. The summed E-state index contributed by atoms with van der Waals surface area (Å²) in [7, 11) is 0. The van der Waals surface area contributed by atoms with Crippen molar-refractivity contribution in [3.8, 4) is 0 Å². The Morgan fingerprint density at radius 3 is 2.19 bits per heavy atom. The summed E-state index contributed by atoms with van der Waals surface area (Å²) in [6.07, 6.45) is -2.63. The first kappa shape index (κ1) is 13.4. The van der Waals surface area contributed by atoms with E-state index >= 15 is 0 Å². The molecule has 0 saturated heterocycles. The van der Waals surface area contributed by atoms with Gasteiger partial charge >= 0.3 is 0 Å². The second-order valence-corrected chi connectivity index (χ2v) is 5.47. The van der Waals surface area contributed by atoms with Gasteiger partial charge in [0.2, 0.25) is 5.91 Å². The van der Waals surface area contributed by atoms with Gasteiger partial charge in [0.25, 0.3) is 0 Å². The highest BCUT2D eigenvalue weighted by Gasteiger charge is 2.40. The van der Waals surface area contributed by atoms with Gasteiger partial charge in [-0.25, -0.2) is 0 Å². The molecule has 0 aromatic heterocycles. The van der Waals surface area contributed by atoms with Crippen LogP contribution in [0.3, 0.4) is 0 Å². The Morgan fingerprint density at radius 1 is 1.12 bits per heavy atom. The smallest absolute Gasteiger partial charge is 0.226 e. The minimum absolute atomic E-state index is 0.272. The zero-order valence-corrected chi connectivity index (χ0v) is 9.97. The first-order valence-electron chi connectivity index (χ1n) is 5.58. The highest BCUT2D eigenvalue weighted by molar-refractivity contribution is 5.80. The van der Waals surface area contributed by atoms with Crippen LogP contribution in [0.4, 0.5) is 0 Å². The number of carbonyl (C=O) groups excluding carboxylic acids is 1. The molecule has 1 rings (SSSR count).